The Morgan fingerprint density at radius 1 is 1.56 bits per heavy atom. The van der Waals surface area contributed by atoms with Gasteiger partial charge in [0.15, 0.2) is 0 Å². The fourth-order valence-electron chi connectivity index (χ4n) is 0.105. The van der Waals surface area contributed by atoms with E-state index < -0.39 is 12.1 Å². The predicted octanol–water partition coefficient (Wildman–Crippen LogP) is 0.605. The van der Waals surface area contributed by atoms with E-state index >= 15 is 0 Å². The molecule has 0 aliphatic heterocycles. The minimum absolute atomic E-state index is 0. The van der Waals surface area contributed by atoms with Crippen molar-refractivity contribution in [2.75, 3.05) is 0 Å². The van der Waals surface area contributed by atoms with Crippen LogP contribution in [0.2, 0.25) is 0 Å². The number of hydrogen-bond donors (Lipinski definition) is 3. The molecule has 0 aromatic carbocycles. The number of carbonyl (C=O) groups is 2. The molecule has 0 unspecified atom stereocenters. The van der Waals surface area contributed by atoms with Gasteiger partial charge in [-0.25, -0.2) is 14.9 Å². The molecule has 0 atom stereocenters. The van der Waals surface area contributed by atoms with Crippen molar-refractivity contribution in [3.05, 3.63) is 0 Å². The second-order valence-electron chi connectivity index (χ2n) is 0.794. The Morgan fingerprint density at radius 3 is 1.89 bits per heavy atom. The van der Waals surface area contributed by atoms with Gasteiger partial charge in [-0.05, 0) is 0 Å². The van der Waals surface area contributed by atoms with Gasteiger partial charge in [0.1, 0.15) is 0 Å². The zero-order chi connectivity index (χ0) is 7.86. The van der Waals surface area contributed by atoms with Crippen molar-refractivity contribution in [2.24, 2.45) is 5.73 Å². The molecule has 0 radical (unpaired) electrons. The Kier molecular flexibility index (Phi) is 7.99. The van der Waals surface area contributed by atoms with E-state index in [1.807, 2.05) is 13.8 Å². The molecule has 56 valence electrons. The van der Waals surface area contributed by atoms with Crippen molar-refractivity contribution in [1.82, 2.24) is 5.32 Å². The maximum absolute atomic E-state index is 9.54. The third-order valence-electron chi connectivity index (χ3n) is 0.230. The van der Waals surface area contributed by atoms with Crippen LogP contribution in [-0.4, -0.2) is 17.2 Å². The minimum Gasteiger partial charge on any atom is -0.465 e. The molecule has 0 bridgehead atoms. The van der Waals surface area contributed by atoms with Crippen LogP contribution in [0.3, 0.4) is 0 Å². The Morgan fingerprint density at radius 2 is 1.89 bits per heavy atom. The molecule has 0 saturated carbocycles. The van der Waals surface area contributed by atoms with Gasteiger partial charge in [-0.15, -0.1) is 0 Å². The number of hydrogen-bond acceptors (Lipinski definition) is 2. The maximum atomic E-state index is 9.54. The summed E-state index contributed by atoms with van der Waals surface area (Å²) in [4.78, 5) is 18.9. The molecule has 0 aromatic rings. The highest BCUT2D eigenvalue weighted by atomic mass is 16.4. The first-order valence-electron chi connectivity index (χ1n) is 2.42. The van der Waals surface area contributed by atoms with E-state index in [0.717, 1.165) is 0 Å². The Bertz CT molecular complexity index is 94.7. The van der Waals surface area contributed by atoms with Crippen LogP contribution in [0.1, 0.15) is 15.3 Å². The smallest absolute Gasteiger partial charge is 0.412 e. The maximum Gasteiger partial charge on any atom is 0.412 e. The molecule has 0 heterocycles. The molecule has 0 fully saturated rings. The van der Waals surface area contributed by atoms with E-state index in [1.165, 1.54) is 5.32 Å². The van der Waals surface area contributed by atoms with E-state index in [1.54, 1.807) is 0 Å². The number of imide groups is 1. The number of primary amides is 1. The lowest BCUT2D eigenvalue weighted by molar-refractivity contribution is 0.193. The number of nitrogens with one attached hydrogen (secondary N) is 1. The molecule has 3 amide bonds. The van der Waals surface area contributed by atoms with Crippen LogP contribution < -0.4 is 11.1 Å². The van der Waals surface area contributed by atoms with Gasteiger partial charge in [0.2, 0.25) is 0 Å². The number of amides is 3. The first-order chi connectivity index (χ1) is 4.13. The predicted molar refractivity (Wildman–Crippen MR) is 34.2 cm³/mol. The van der Waals surface area contributed by atoms with Gasteiger partial charge in [-0.3, -0.25) is 0 Å². The lowest BCUT2D eigenvalue weighted by Crippen LogP contribution is -2.33. The molecule has 5 heteroatoms. The first kappa shape index (κ1) is 10.7. The van der Waals surface area contributed by atoms with E-state index in [0.29, 0.717) is 0 Å². The summed E-state index contributed by atoms with van der Waals surface area (Å²) >= 11 is 0. The monoisotopic (exact) mass is 136 g/mol. The zero-order valence-corrected chi connectivity index (χ0v) is 5.34. The molecule has 5 nitrogen and oxygen atoms in total. The molecule has 0 aliphatic carbocycles. The van der Waals surface area contributed by atoms with Crippen LogP contribution in [0.4, 0.5) is 9.59 Å². The van der Waals surface area contributed by atoms with Crippen molar-refractivity contribution in [3.63, 3.8) is 0 Å². The highest BCUT2D eigenvalue weighted by molar-refractivity contribution is 5.88. The van der Waals surface area contributed by atoms with Crippen LogP contribution in [0.5, 0.6) is 0 Å². The number of rotatable bonds is 0. The highest BCUT2D eigenvalue weighted by Gasteiger charge is 1.94. The Balaban J connectivity index is -0.000000149. The number of urea groups is 1. The van der Waals surface area contributed by atoms with Gasteiger partial charge >= 0.3 is 12.1 Å². The van der Waals surface area contributed by atoms with Gasteiger partial charge in [-0.2, -0.15) is 0 Å². The third kappa shape index (κ3) is 20.2. The van der Waals surface area contributed by atoms with Gasteiger partial charge in [0, 0.05) is 1.43 Å². The van der Waals surface area contributed by atoms with E-state index in [-0.39, 0.29) is 1.43 Å². The number of carbonyl (C=O) groups excluding carboxylic acids is 1. The SMILES string of the molecule is CC.NC(=O)NC(=O)O.[HH]. The summed E-state index contributed by atoms with van der Waals surface area (Å²) in [5, 5.41) is 9.03. The summed E-state index contributed by atoms with van der Waals surface area (Å²) in [6.45, 7) is 4.00. The molecule has 9 heavy (non-hydrogen) atoms. The molecule has 0 rings (SSSR count). The summed E-state index contributed by atoms with van der Waals surface area (Å²) in [5.41, 5.74) is 4.36. The van der Waals surface area contributed by atoms with Gasteiger partial charge in [-0.1, -0.05) is 13.8 Å². The standard InChI is InChI=1S/C2H4N2O3.C2H6.H2/c3-1(5)4-2(6)7;1-2;/h(H,6,7)(H3,3,4,5);1-2H3;1H. The van der Waals surface area contributed by atoms with Crippen LogP contribution in [-0.2, 0) is 0 Å². The first-order valence-corrected chi connectivity index (χ1v) is 2.42. The van der Waals surface area contributed by atoms with Crippen LogP contribution >= 0.6 is 0 Å². The Hall–Kier alpha value is -1.26. The summed E-state index contributed by atoms with van der Waals surface area (Å²) in [7, 11) is 0. The van der Waals surface area contributed by atoms with Crippen molar-refractivity contribution < 1.29 is 16.1 Å². The quantitative estimate of drug-likeness (QED) is 0.455. The minimum atomic E-state index is -1.44. The van der Waals surface area contributed by atoms with E-state index in [2.05, 4.69) is 5.73 Å². The molecular formula is C4H12N2O3. The van der Waals surface area contributed by atoms with Crippen LogP contribution in [0.15, 0.2) is 0 Å². The Labute approximate surface area is 54.3 Å². The van der Waals surface area contributed by atoms with Crippen molar-refractivity contribution in [2.45, 2.75) is 13.8 Å². The highest BCUT2D eigenvalue weighted by Crippen LogP contribution is 1.55. The number of carboxylic acid groups (broad SMARTS) is 1. The summed E-state index contributed by atoms with van der Waals surface area (Å²) < 4.78 is 0. The normalized spacial score (nSPS) is 6.44. The largest absolute Gasteiger partial charge is 0.465 e. The van der Waals surface area contributed by atoms with Gasteiger partial charge < -0.3 is 10.8 Å². The third-order valence-corrected chi connectivity index (χ3v) is 0.230. The average Bonchev–Trinajstić information content (AvgIpc) is 1.68. The molecule has 0 aliphatic rings. The molecular weight excluding hydrogens is 124 g/mol. The summed E-state index contributed by atoms with van der Waals surface area (Å²) in [6, 6.07) is -1.06. The second kappa shape index (κ2) is 6.74. The van der Waals surface area contributed by atoms with Crippen molar-refractivity contribution in [1.29, 1.82) is 0 Å². The zero-order valence-electron chi connectivity index (χ0n) is 5.34. The van der Waals surface area contributed by atoms with Crippen LogP contribution in [0, 0.1) is 0 Å². The molecule has 4 N–H and O–H groups in total. The fourth-order valence-corrected chi connectivity index (χ4v) is 0.105. The molecule has 0 saturated heterocycles. The van der Waals surface area contributed by atoms with E-state index in [9.17, 15) is 9.59 Å². The second-order valence-corrected chi connectivity index (χ2v) is 0.794. The summed E-state index contributed by atoms with van der Waals surface area (Å²) in [6.07, 6.45) is -1.44. The van der Waals surface area contributed by atoms with Crippen molar-refractivity contribution in [3.8, 4) is 0 Å². The molecule has 0 aromatic heterocycles. The lowest BCUT2D eigenvalue weighted by Gasteiger charge is -1.86. The van der Waals surface area contributed by atoms with Crippen LogP contribution in [0.25, 0.3) is 0 Å². The van der Waals surface area contributed by atoms with Crippen molar-refractivity contribution >= 4 is 12.1 Å². The van der Waals surface area contributed by atoms with Gasteiger partial charge in [0.25, 0.3) is 0 Å². The van der Waals surface area contributed by atoms with E-state index in [4.69, 9.17) is 5.11 Å². The fraction of sp³-hybridized carbons (Fsp3) is 0.500. The topological polar surface area (TPSA) is 92.4 Å². The molecule has 0 spiro atoms. The van der Waals surface area contributed by atoms with Gasteiger partial charge in [0.05, 0.1) is 0 Å². The average molecular weight is 136 g/mol. The number of nitrogens with two attached hydrogens (primary N) is 1. The lowest BCUT2D eigenvalue weighted by atomic mass is 11.0. The summed E-state index contributed by atoms with van der Waals surface area (Å²) in [5.74, 6) is 0.